The van der Waals surface area contributed by atoms with Crippen LogP contribution >= 0.6 is 34.8 Å². The van der Waals surface area contributed by atoms with Crippen LogP contribution in [0.25, 0.3) is 0 Å². The molecule has 0 spiro atoms. The normalized spacial score (nSPS) is 10.2. The Bertz CT molecular complexity index is 604. The van der Waals surface area contributed by atoms with E-state index < -0.39 is 0 Å². The summed E-state index contributed by atoms with van der Waals surface area (Å²) in [6.07, 6.45) is 1.83. The van der Waals surface area contributed by atoms with Crippen LogP contribution < -0.4 is 5.32 Å². The number of rotatable bonds is 3. The van der Waals surface area contributed by atoms with Crippen molar-refractivity contribution in [2.24, 2.45) is 0 Å². The Morgan fingerprint density at radius 2 is 1.94 bits per heavy atom. The topological polar surface area (TPSA) is 54.9 Å². The first-order chi connectivity index (χ1) is 8.61. The number of aromatic nitrogens is 2. The van der Waals surface area contributed by atoms with Gasteiger partial charge in [0.05, 0.1) is 16.3 Å². The predicted octanol–water partition coefficient (Wildman–Crippen LogP) is 3.99. The summed E-state index contributed by atoms with van der Waals surface area (Å²) in [4.78, 5) is 18.6. The zero-order chi connectivity index (χ0) is 13.1. The smallest absolute Gasteiger partial charge is 0.156 e. The zero-order valence-electron chi connectivity index (χ0n) is 8.82. The second-order valence-corrected chi connectivity index (χ2v) is 4.50. The van der Waals surface area contributed by atoms with Crippen LogP contribution in [0.5, 0.6) is 0 Å². The lowest BCUT2D eigenvalue weighted by Crippen LogP contribution is -2.01. The number of benzene rings is 1. The fraction of sp³-hybridized carbons (Fsp3) is 0. The molecule has 0 bridgehead atoms. The molecule has 18 heavy (non-hydrogen) atoms. The molecule has 0 aliphatic rings. The SMILES string of the molecule is O=Cc1c(Cl)ncnc1Nc1ccc(Cl)cc1Cl. The minimum Gasteiger partial charge on any atom is -0.338 e. The van der Waals surface area contributed by atoms with Crippen LogP contribution in [0.2, 0.25) is 15.2 Å². The van der Waals surface area contributed by atoms with Crippen LogP contribution in [0.1, 0.15) is 10.4 Å². The van der Waals surface area contributed by atoms with Gasteiger partial charge in [-0.05, 0) is 18.2 Å². The Balaban J connectivity index is 2.40. The number of nitrogens with zero attached hydrogens (tertiary/aromatic N) is 2. The number of anilines is 2. The summed E-state index contributed by atoms with van der Waals surface area (Å²) in [5, 5.41) is 3.91. The molecule has 0 aliphatic heterocycles. The first kappa shape index (κ1) is 13.1. The minimum absolute atomic E-state index is 0.0765. The van der Waals surface area contributed by atoms with E-state index >= 15 is 0 Å². The van der Waals surface area contributed by atoms with E-state index in [0.29, 0.717) is 22.0 Å². The molecule has 1 aromatic carbocycles. The summed E-state index contributed by atoms with van der Waals surface area (Å²) >= 11 is 17.6. The van der Waals surface area contributed by atoms with Gasteiger partial charge in [0.15, 0.2) is 6.29 Å². The molecule has 0 unspecified atom stereocenters. The van der Waals surface area contributed by atoms with Crippen molar-refractivity contribution < 1.29 is 4.79 Å². The fourth-order valence-electron chi connectivity index (χ4n) is 1.30. The first-order valence-corrected chi connectivity index (χ1v) is 5.93. The Hall–Kier alpha value is -1.36. The van der Waals surface area contributed by atoms with Gasteiger partial charge in [-0.1, -0.05) is 34.8 Å². The summed E-state index contributed by atoms with van der Waals surface area (Å²) in [5.41, 5.74) is 0.740. The average molecular weight is 303 g/mol. The quantitative estimate of drug-likeness (QED) is 0.688. The van der Waals surface area contributed by atoms with Crippen LogP contribution in [0.15, 0.2) is 24.5 Å². The molecule has 2 rings (SSSR count). The predicted molar refractivity (Wildman–Crippen MR) is 72.2 cm³/mol. The maximum Gasteiger partial charge on any atom is 0.156 e. The lowest BCUT2D eigenvalue weighted by molar-refractivity contribution is 0.112. The average Bonchev–Trinajstić information content (AvgIpc) is 2.33. The molecule has 0 atom stereocenters. The molecule has 0 radical (unpaired) electrons. The Kier molecular flexibility index (Phi) is 4.01. The zero-order valence-corrected chi connectivity index (χ0v) is 11.1. The van der Waals surface area contributed by atoms with Crippen LogP contribution in [-0.2, 0) is 0 Å². The summed E-state index contributed by atoms with van der Waals surface area (Å²) in [5.74, 6) is 0.286. The summed E-state index contributed by atoms with van der Waals surface area (Å²) in [6.45, 7) is 0. The second-order valence-electron chi connectivity index (χ2n) is 3.29. The van der Waals surface area contributed by atoms with E-state index in [1.807, 2.05) is 0 Å². The van der Waals surface area contributed by atoms with Crippen LogP contribution in [0.4, 0.5) is 11.5 Å². The molecule has 0 fully saturated rings. The Morgan fingerprint density at radius 1 is 1.17 bits per heavy atom. The molecule has 0 saturated heterocycles. The van der Waals surface area contributed by atoms with Gasteiger partial charge in [0.2, 0.25) is 0 Å². The lowest BCUT2D eigenvalue weighted by atomic mass is 10.3. The molecule has 1 heterocycles. The highest BCUT2D eigenvalue weighted by molar-refractivity contribution is 6.36. The van der Waals surface area contributed by atoms with Gasteiger partial charge in [0.1, 0.15) is 17.3 Å². The highest BCUT2D eigenvalue weighted by atomic mass is 35.5. The van der Waals surface area contributed by atoms with E-state index in [1.165, 1.54) is 6.33 Å². The summed E-state index contributed by atoms with van der Waals surface area (Å²) in [7, 11) is 0. The maximum absolute atomic E-state index is 10.9. The third-order valence-electron chi connectivity index (χ3n) is 2.14. The number of carbonyl (C=O) groups excluding carboxylic acids is 1. The summed E-state index contributed by atoms with van der Waals surface area (Å²) in [6, 6.07) is 4.92. The highest BCUT2D eigenvalue weighted by Crippen LogP contribution is 2.29. The molecule has 2 aromatic rings. The molecule has 0 saturated carbocycles. The number of carbonyl (C=O) groups is 1. The molecule has 4 nitrogen and oxygen atoms in total. The van der Waals surface area contributed by atoms with Gasteiger partial charge in [-0.25, -0.2) is 9.97 Å². The van der Waals surface area contributed by atoms with E-state index in [9.17, 15) is 4.79 Å². The van der Waals surface area contributed by atoms with Gasteiger partial charge in [-0.3, -0.25) is 4.79 Å². The number of hydrogen-bond donors (Lipinski definition) is 1. The van der Waals surface area contributed by atoms with Crippen molar-refractivity contribution in [2.45, 2.75) is 0 Å². The molecule has 0 aliphatic carbocycles. The number of nitrogens with one attached hydrogen (secondary N) is 1. The number of aldehydes is 1. The van der Waals surface area contributed by atoms with E-state index in [-0.39, 0.29) is 16.5 Å². The largest absolute Gasteiger partial charge is 0.338 e. The first-order valence-electron chi connectivity index (χ1n) is 4.79. The second kappa shape index (κ2) is 5.52. The molecular weight excluding hydrogens is 296 g/mol. The van der Waals surface area contributed by atoms with E-state index in [2.05, 4.69) is 15.3 Å². The lowest BCUT2D eigenvalue weighted by Gasteiger charge is -2.09. The van der Waals surface area contributed by atoms with Gasteiger partial charge in [-0.15, -0.1) is 0 Å². The van der Waals surface area contributed by atoms with Gasteiger partial charge in [0.25, 0.3) is 0 Å². The molecule has 1 N–H and O–H groups in total. The van der Waals surface area contributed by atoms with Gasteiger partial charge in [-0.2, -0.15) is 0 Å². The van der Waals surface area contributed by atoms with Crippen molar-refractivity contribution >= 4 is 52.6 Å². The Morgan fingerprint density at radius 3 is 2.61 bits per heavy atom. The molecule has 92 valence electrons. The third-order valence-corrected chi connectivity index (χ3v) is 2.99. The Labute approximate surface area is 118 Å². The number of halogens is 3. The van der Waals surface area contributed by atoms with Crippen molar-refractivity contribution in [3.63, 3.8) is 0 Å². The maximum atomic E-state index is 10.9. The fourth-order valence-corrected chi connectivity index (χ4v) is 1.93. The monoisotopic (exact) mass is 301 g/mol. The molecule has 7 heteroatoms. The number of hydrogen-bond acceptors (Lipinski definition) is 4. The van der Waals surface area contributed by atoms with Crippen LogP contribution in [-0.4, -0.2) is 16.3 Å². The van der Waals surface area contributed by atoms with E-state index in [0.717, 1.165) is 0 Å². The van der Waals surface area contributed by atoms with Crippen molar-refractivity contribution in [1.29, 1.82) is 0 Å². The van der Waals surface area contributed by atoms with Gasteiger partial charge >= 0.3 is 0 Å². The standard InChI is InChI=1S/C11H6Cl3N3O/c12-6-1-2-9(8(13)3-6)17-11-7(4-18)10(14)15-5-16-11/h1-5H,(H,15,16,17). The van der Waals surface area contributed by atoms with Gasteiger partial charge in [0, 0.05) is 5.02 Å². The van der Waals surface area contributed by atoms with Gasteiger partial charge < -0.3 is 5.32 Å². The summed E-state index contributed by atoms with van der Waals surface area (Å²) < 4.78 is 0. The molecule has 1 aromatic heterocycles. The third kappa shape index (κ3) is 2.72. The highest BCUT2D eigenvalue weighted by Gasteiger charge is 2.10. The van der Waals surface area contributed by atoms with Crippen LogP contribution in [0, 0.1) is 0 Å². The minimum atomic E-state index is 0.0765. The van der Waals surface area contributed by atoms with E-state index in [1.54, 1.807) is 18.2 Å². The molecular formula is C11H6Cl3N3O. The van der Waals surface area contributed by atoms with Crippen molar-refractivity contribution in [1.82, 2.24) is 9.97 Å². The van der Waals surface area contributed by atoms with Crippen molar-refractivity contribution in [3.05, 3.63) is 45.3 Å². The van der Waals surface area contributed by atoms with Crippen molar-refractivity contribution in [2.75, 3.05) is 5.32 Å². The van der Waals surface area contributed by atoms with Crippen molar-refractivity contribution in [3.8, 4) is 0 Å². The molecule has 0 amide bonds. The van der Waals surface area contributed by atoms with E-state index in [4.69, 9.17) is 34.8 Å². The van der Waals surface area contributed by atoms with Crippen LogP contribution in [0.3, 0.4) is 0 Å².